The Morgan fingerprint density at radius 3 is 2.48 bits per heavy atom. The molecule has 0 spiro atoms. The monoisotopic (exact) mass is 419 g/mol. The Morgan fingerprint density at radius 1 is 1.00 bits per heavy atom. The number of hydrogen-bond donors (Lipinski definition) is 0. The molecule has 162 valence electrons. The molecule has 2 aromatic carbocycles. The number of aromatic nitrogens is 2. The molecule has 1 aliphatic rings. The van der Waals surface area contributed by atoms with Crippen LogP contribution in [0.25, 0.3) is 22.6 Å². The Kier molecular flexibility index (Phi) is 7.10. The fourth-order valence-corrected chi connectivity index (χ4v) is 3.81. The van der Waals surface area contributed by atoms with E-state index in [2.05, 4.69) is 22.3 Å². The number of aryl methyl sites for hydroxylation is 1. The van der Waals surface area contributed by atoms with E-state index < -0.39 is 0 Å². The minimum Gasteiger partial charge on any atom is -0.421 e. The molecule has 4 rings (SSSR count). The van der Waals surface area contributed by atoms with Gasteiger partial charge in [0.1, 0.15) is 0 Å². The van der Waals surface area contributed by atoms with Gasteiger partial charge in [0.15, 0.2) is 0 Å². The highest BCUT2D eigenvalue weighted by Gasteiger charge is 2.17. The molecule has 2 heterocycles. The highest BCUT2D eigenvalue weighted by Crippen LogP contribution is 2.24. The Balaban J connectivity index is 1.27. The maximum atomic E-state index is 12.4. The Bertz CT molecular complexity index is 963. The van der Waals surface area contributed by atoms with Gasteiger partial charge in [0.05, 0.1) is 6.10 Å². The van der Waals surface area contributed by atoms with E-state index in [1.165, 1.54) is 6.42 Å². The molecule has 1 saturated heterocycles. The standard InChI is InChI=1S/C25H29N3O3/c1-28(17-16-22-9-5-6-18-30-22)24(29)15-14-23-26-27-25(31-23)21-12-10-20(11-13-21)19-7-3-2-4-8-19/h2-4,7-8,10-13,22H,5-6,9,14-18H2,1H3. The minimum absolute atomic E-state index is 0.0859. The van der Waals surface area contributed by atoms with Crippen LogP contribution in [0.15, 0.2) is 59.0 Å². The third-order valence-corrected chi connectivity index (χ3v) is 5.74. The summed E-state index contributed by atoms with van der Waals surface area (Å²) in [7, 11) is 1.85. The zero-order valence-electron chi connectivity index (χ0n) is 18.0. The van der Waals surface area contributed by atoms with Crippen molar-refractivity contribution in [2.24, 2.45) is 0 Å². The summed E-state index contributed by atoms with van der Waals surface area (Å²) in [5.41, 5.74) is 3.17. The summed E-state index contributed by atoms with van der Waals surface area (Å²) in [5, 5.41) is 8.27. The molecule has 1 amide bonds. The molecule has 31 heavy (non-hydrogen) atoms. The first kappa shape index (κ1) is 21.2. The van der Waals surface area contributed by atoms with Crippen LogP contribution in [-0.4, -0.2) is 47.3 Å². The lowest BCUT2D eigenvalue weighted by Crippen LogP contribution is -2.31. The van der Waals surface area contributed by atoms with Crippen LogP contribution in [0, 0.1) is 0 Å². The number of ether oxygens (including phenoxy) is 1. The van der Waals surface area contributed by atoms with Gasteiger partial charge in [-0.2, -0.15) is 0 Å². The van der Waals surface area contributed by atoms with E-state index in [4.69, 9.17) is 9.15 Å². The van der Waals surface area contributed by atoms with E-state index in [0.717, 1.165) is 42.6 Å². The van der Waals surface area contributed by atoms with Crippen molar-refractivity contribution in [1.82, 2.24) is 15.1 Å². The second kappa shape index (κ2) is 10.4. The molecule has 6 nitrogen and oxygen atoms in total. The van der Waals surface area contributed by atoms with Gasteiger partial charge >= 0.3 is 0 Å². The third-order valence-electron chi connectivity index (χ3n) is 5.74. The first-order valence-electron chi connectivity index (χ1n) is 11.0. The Labute approximate surface area is 183 Å². The van der Waals surface area contributed by atoms with Crippen LogP contribution in [0.4, 0.5) is 0 Å². The predicted molar refractivity (Wildman–Crippen MR) is 119 cm³/mol. The fourth-order valence-electron chi connectivity index (χ4n) is 3.81. The Hall–Kier alpha value is -2.99. The maximum Gasteiger partial charge on any atom is 0.247 e. The SMILES string of the molecule is CN(CCC1CCCCO1)C(=O)CCc1nnc(-c2ccc(-c3ccccc3)cc2)o1. The lowest BCUT2D eigenvalue weighted by atomic mass is 10.0. The largest absolute Gasteiger partial charge is 0.421 e. The van der Waals surface area contributed by atoms with Gasteiger partial charge in [-0.1, -0.05) is 42.5 Å². The van der Waals surface area contributed by atoms with Gasteiger partial charge in [-0.05, 0) is 48.9 Å². The quantitative estimate of drug-likeness (QED) is 0.527. The van der Waals surface area contributed by atoms with Crippen LogP contribution in [0.1, 0.15) is 38.0 Å². The highest BCUT2D eigenvalue weighted by molar-refractivity contribution is 5.76. The topological polar surface area (TPSA) is 68.5 Å². The molecule has 0 bridgehead atoms. The number of hydrogen-bond acceptors (Lipinski definition) is 5. The van der Waals surface area contributed by atoms with Gasteiger partial charge in [-0.25, -0.2) is 0 Å². The molecule has 1 aliphatic heterocycles. The number of benzene rings is 2. The van der Waals surface area contributed by atoms with Gasteiger partial charge in [0, 0.05) is 38.6 Å². The summed E-state index contributed by atoms with van der Waals surface area (Å²) in [5.74, 6) is 1.05. The van der Waals surface area contributed by atoms with Crippen molar-refractivity contribution in [3.05, 3.63) is 60.5 Å². The van der Waals surface area contributed by atoms with Crippen LogP contribution in [-0.2, 0) is 16.0 Å². The number of rotatable bonds is 8. The van der Waals surface area contributed by atoms with Gasteiger partial charge < -0.3 is 14.1 Å². The summed E-state index contributed by atoms with van der Waals surface area (Å²) in [6.45, 7) is 1.56. The normalized spacial score (nSPS) is 16.2. The molecule has 0 N–H and O–H groups in total. The first-order valence-corrected chi connectivity index (χ1v) is 11.0. The van der Waals surface area contributed by atoms with Gasteiger partial charge in [-0.15, -0.1) is 10.2 Å². The second-order valence-corrected chi connectivity index (χ2v) is 8.04. The Morgan fingerprint density at radius 2 is 1.74 bits per heavy atom. The lowest BCUT2D eigenvalue weighted by molar-refractivity contribution is -0.130. The van der Waals surface area contributed by atoms with Crippen molar-refractivity contribution in [3.63, 3.8) is 0 Å². The summed E-state index contributed by atoms with van der Waals surface area (Å²) in [4.78, 5) is 14.2. The molecule has 0 saturated carbocycles. The molecule has 0 aliphatic carbocycles. The van der Waals surface area contributed by atoms with Gasteiger partial charge in [-0.3, -0.25) is 4.79 Å². The predicted octanol–water partition coefficient (Wildman–Crippen LogP) is 4.75. The molecule has 6 heteroatoms. The number of carbonyl (C=O) groups excluding carboxylic acids is 1. The van der Waals surface area contributed by atoms with E-state index >= 15 is 0 Å². The number of amides is 1. The number of carbonyl (C=O) groups is 1. The lowest BCUT2D eigenvalue weighted by Gasteiger charge is -2.25. The van der Waals surface area contributed by atoms with Crippen molar-refractivity contribution < 1.29 is 13.9 Å². The van der Waals surface area contributed by atoms with E-state index in [0.29, 0.717) is 31.2 Å². The third kappa shape index (κ3) is 5.79. The molecule has 1 aromatic heterocycles. The van der Waals surface area contributed by atoms with Crippen molar-refractivity contribution in [2.75, 3.05) is 20.2 Å². The molecular formula is C25H29N3O3. The zero-order valence-corrected chi connectivity index (χ0v) is 18.0. The second-order valence-electron chi connectivity index (χ2n) is 8.04. The van der Waals surface area contributed by atoms with E-state index in [1.807, 2.05) is 49.5 Å². The zero-order chi connectivity index (χ0) is 21.5. The molecule has 1 unspecified atom stereocenters. The van der Waals surface area contributed by atoms with Crippen molar-refractivity contribution in [2.45, 2.75) is 44.6 Å². The smallest absolute Gasteiger partial charge is 0.247 e. The van der Waals surface area contributed by atoms with Crippen molar-refractivity contribution in [1.29, 1.82) is 0 Å². The minimum atomic E-state index is 0.0859. The average molecular weight is 420 g/mol. The summed E-state index contributed by atoms with van der Waals surface area (Å²) < 4.78 is 11.5. The van der Waals surface area contributed by atoms with Gasteiger partial charge in [0.2, 0.25) is 17.7 Å². The number of nitrogens with zero attached hydrogens (tertiary/aromatic N) is 3. The molecular weight excluding hydrogens is 390 g/mol. The summed E-state index contributed by atoms with van der Waals surface area (Å²) in [6, 6.07) is 18.3. The molecule has 0 radical (unpaired) electrons. The van der Waals surface area contributed by atoms with Crippen LogP contribution in [0.2, 0.25) is 0 Å². The molecule has 1 atom stereocenters. The first-order chi connectivity index (χ1) is 15.2. The average Bonchev–Trinajstić information content (AvgIpc) is 3.31. The highest BCUT2D eigenvalue weighted by atomic mass is 16.5. The molecule has 3 aromatic rings. The van der Waals surface area contributed by atoms with Gasteiger partial charge in [0.25, 0.3) is 0 Å². The van der Waals surface area contributed by atoms with E-state index in [1.54, 1.807) is 4.90 Å². The van der Waals surface area contributed by atoms with Crippen molar-refractivity contribution >= 4 is 5.91 Å². The summed E-state index contributed by atoms with van der Waals surface area (Å²) >= 11 is 0. The van der Waals surface area contributed by atoms with E-state index in [9.17, 15) is 4.79 Å². The van der Waals surface area contributed by atoms with Crippen LogP contribution in [0.3, 0.4) is 0 Å². The van der Waals surface area contributed by atoms with Crippen LogP contribution >= 0.6 is 0 Å². The fraction of sp³-hybridized carbons (Fsp3) is 0.400. The van der Waals surface area contributed by atoms with Crippen LogP contribution < -0.4 is 0 Å². The molecule has 1 fully saturated rings. The van der Waals surface area contributed by atoms with Crippen molar-refractivity contribution in [3.8, 4) is 22.6 Å². The summed E-state index contributed by atoms with van der Waals surface area (Å²) in [6.07, 6.45) is 5.45. The van der Waals surface area contributed by atoms with Crippen LogP contribution in [0.5, 0.6) is 0 Å². The maximum absolute atomic E-state index is 12.4. The van der Waals surface area contributed by atoms with E-state index in [-0.39, 0.29) is 12.0 Å².